The Bertz CT molecular complexity index is 1190. The van der Waals surface area contributed by atoms with Gasteiger partial charge in [-0.15, -0.1) is 5.46 Å². The SMILES string of the molecule is Bc1c(B)c(B)c(Oc2nc(C3CC3)ncc2C(=O)N[C@@H](C)/C=C/S(C)(=O)=O)c(B)c1B. The molecule has 1 aliphatic rings. The quantitative estimate of drug-likeness (QED) is 0.426. The number of sulfone groups is 1. The van der Waals surface area contributed by atoms with E-state index in [1.807, 2.05) is 15.7 Å². The third-order valence-electron chi connectivity index (χ3n) is 6.06. The number of ether oxygens (including phenoxy) is 1. The Kier molecular flexibility index (Phi) is 6.98. The molecule has 0 unspecified atom stereocenters. The maximum atomic E-state index is 13.0. The van der Waals surface area contributed by atoms with Crippen LogP contribution in [0.3, 0.4) is 0 Å². The predicted octanol–water partition coefficient (Wildman–Crippen LogP) is -5.89. The van der Waals surface area contributed by atoms with Gasteiger partial charge < -0.3 is 10.1 Å². The van der Waals surface area contributed by atoms with Crippen LogP contribution >= 0.6 is 0 Å². The fourth-order valence-electron chi connectivity index (χ4n) is 3.46. The van der Waals surface area contributed by atoms with Crippen molar-refractivity contribution in [3.63, 3.8) is 0 Å². The Morgan fingerprint density at radius 1 is 1.12 bits per heavy atom. The van der Waals surface area contributed by atoms with E-state index in [1.165, 1.54) is 17.7 Å². The summed E-state index contributed by atoms with van der Waals surface area (Å²) in [5.74, 6) is 1.47. The molecule has 0 radical (unpaired) electrons. The van der Waals surface area contributed by atoms with Crippen molar-refractivity contribution < 1.29 is 17.9 Å². The van der Waals surface area contributed by atoms with Crippen LogP contribution in [-0.4, -0.2) is 75.8 Å². The number of carbonyl (C=O) groups is 1. The van der Waals surface area contributed by atoms with Crippen LogP contribution in [0.4, 0.5) is 0 Å². The van der Waals surface area contributed by atoms with Gasteiger partial charge in [0.2, 0.25) is 5.88 Å². The lowest BCUT2D eigenvalue weighted by molar-refractivity contribution is 0.0943. The number of rotatable bonds is 7. The molecule has 162 valence electrons. The fourth-order valence-corrected chi connectivity index (χ4v) is 3.98. The van der Waals surface area contributed by atoms with E-state index < -0.39 is 21.8 Å². The van der Waals surface area contributed by atoms with Crippen molar-refractivity contribution in [2.24, 2.45) is 0 Å². The second-order valence-electron chi connectivity index (χ2n) is 8.70. The van der Waals surface area contributed by atoms with Crippen LogP contribution in [0.2, 0.25) is 0 Å². The van der Waals surface area contributed by atoms with Crippen LogP contribution in [0.1, 0.15) is 41.9 Å². The minimum absolute atomic E-state index is 0.212. The van der Waals surface area contributed by atoms with Crippen LogP contribution < -0.4 is 37.4 Å². The highest BCUT2D eigenvalue weighted by molar-refractivity contribution is 7.93. The molecule has 0 aliphatic heterocycles. The number of amides is 1. The number of benzene rings is 1. The summed E-state index contributed by atoms with van der Waals surface area (Å²) in [6.07, 6.45) is 6.08. The number of nitrogens with zero attached hydrogens (tertiary/aromatic N) is 2. The molecule has 3 rings (SSSR count). The van der Waals surface area contributed by atoms with E-state index in [0.29, 0.717) is 17.5 Å². The standard InChI is InChI=1S/C19H26B5N3O4S/c1-8(5-6-32(2,29)30)26-18(28)10-7-25-17(9-3-4-9)27-19(10)31-16-14(23)12(21)11(20)13(22)15(16)24/h5-9H,3-4,20-24H2,1-2H3,(H,26,28)/b6-5+/t8-/m0/s1. The first-order valence-corrected chi connectivity index (χ1v) is 12.6. The van der Waals surface area contributed by atoms with Crippen LogP contribution in [0.5, 0.6) is 11.6 Å². The van der Waals surface area contributed by atoms with Gasteiger partial charge >= 0.3 is 0 Å². The first kappa shape index (κ1) is 24.2. The third kappa shape index (κ3) is 5.49. The summed E-state index contributed by atoms with van der Waals surface area (Å²) < 4.78 is 29.0. The fraction of sp³-hybridized carbons (Fsp3) is 0.316. The zero-order valence-electron chi connectivity index (χ0n) is 19.7. The van der Waals surface area contributed by atoms with Gasteiger partial charge in [-0.2, -0.15) is 4.98 Å². The van der Waals surface area contributed by atoms with Gasteiger partial charge in [-0.1, -0.05) is 27.9 Å². The van der Waals surface area contributed by atoms with Crippen molar-refractivity contribution in [1.82, 2.24) is 15.3 Å². The van der Waals surface area contributed by atoms with Crippen molar-refractivity contribution in [2.45, 2.75) is 31.7 Å². The van der Waals surface area contributed by atoms with E-state index in [0.717, 1.165) is 46.4 Å². The molecule has 1 saturated carbocycles. The van der Waals surface area contributed by atoms with E-state index in [1.54, 1.807) is 6.92 Å². The molecule has 0 bridgehead atoms. The first-order valence-electron chi connectivity index (χ1n) is 10.7. The lowest BCUT2D eigenvalue weighted by atomic mass is 9.62. The molecule has 1 fully saturated rings. The van der Waals surface area contributed by atoms with Crippen LogP contribution in [0.25, 0.3) is 0 Å². The van der Waals surface area contributed by atoms with Crippen molar-refractivity contribution in [1.29, 1.82) is 0 Å². The molecular formula is C19H26B5N3O4S. The van der Waals surface area contributed by atoms with Crippen LogP contribution in [0.15, 0.2) is 17.7 Å². The van der Waals surface area contributed by atoms with Crippen molar-refractivity contribution in [3.05, 3.63) is 29.1 Å². The molecule has 32 heavy (non-hydrogen) atoms. The zero-order valence-corrected chi connectivity index (χ0v) is 20.6. The third-order valence-corrected chi connectivity index (χ3v) is 6.71. The van der Waals surface area contributed by atoms with Gasteiger partial charge in [0.15, 0.2) is 9.84 Å². The Morgan fingerprint density at radius 2 is 1.69 bits per heavy atom. The average Bonchev–Trinajstić information content (AvgIpc) is 3.57. The molecule has 1 aromatic carbocycles. The van der Waals surface area contributed by atoms with Crippen LogP contribution in [-0.2, 0) is 9.84 Å². The topological polar surface area (TPSA) is 98.2 Å². The number of hydrogen-bond acceptors (Lipinski definition) is 6. The molecule has 1 aliphatic carbocycles. The molecule has 2 aromatic rings. The van der Waals surface area contributed by atoms with E-state index in [-0.39, 0.29) is 11.4 Å². The average molecular weight is 447 g/mol. The second-order valence-corrected chi connectivity index (χ2v) is 10.6. The summed E-state index contributed by atoms with van der Waals surface area (Å²) >= 11 is 0. The maximum absolute atomic E-state index is 13.0. The smallest absolute Gasteiger partial charge is 0.258 e. The predicted molar refractivity (Wildman–Crippen MR) is 142 cm³/mol. The maximum Gasteiger partial charge on any atom is 0.258 e. The van der Waals surface area contributed by atoms with E-state index in [9.17, 15) is 13.2 Å². The largest absolute Gasteiger partial charge is 0.439 e. The summed E-state index contributed by atoms with van der Waals surface area (Å²) in [7, 11) is 6.94. The molecule has 1 aromatic heterocycles. The molecule has 13 heteroatoms. The Hall–Kier alpha value is -2.42. The lowest BCUT2D eigenvalue weighted by Gasteiger charge is -2.21. The Labute approximate surface area is 194 Å². The summed E-state index contributed by atoms with van der Waals surface area (Å²) in [6.45, 7) is 1.69. The highest BCUT2D eigenvalue weighted by Gasteiger charge is 2.29. The molecule has 1 N–H and O–H groups in total. The molecule has 1 heterocycles. The summed E-state index contributed by atoms with van der Waals surface area (Å²) in [4.78, 5) is 22.0. The summed E-state index contributed by atoms with van der Waals surface area (Å²) in [5, 5.41) is 3.85. The minimum Gasteiger partial charge on any atom is -0.439 e. The number of hydrogen-bond donors (Lipinski definition) is 1. The number of carbonyl (C=O) groups excluding carboxylic acids is 1. The highest BCUT2D eigenvalue weighted by Crippen LogP contribution is 2.39. The zero-order chi connectivity index (χ0) is 23.8. The number of aromatic nitrogens is 2. The van der Waals surface area contributed by atoms with Gasteiger partial charge in [-0.05, 0) is 19.8 Å². The van der Waals surface area contributed by atoms with Gasteiger partial charge in [-0.3, -0.25) is 4.79 Å². The van der Waals surface area contributed by atoms with Crippen molar-refractivity contribution >= 4 is 82.3 Å². The van der Waals surface area contributed by atoms with Crippen LogP contribution in [0, 0.1) is 0 Å². The second kappa shape index (κ2) is 9.21. The van der Waals surface area contributed by atoms with Gasteiger partial charge in [0.05, 0.1) is 0 Å². The van der Waals surface area contributed by atoms with Gasteiger partial charge in [0.1, 0.15) is 56.4 Å². The molecular weight excluding hydrogens is 420 g/mol. The normalized spacial score (nSPS) is 14.9. The molecule has 7 nitrogen and oxygen atoms in total. The highest BCUT2D eigenvalue weighted by atomic mass is 32.2. The van der Waals surface area contributed by atoms with E-state index in [2.05, 4.69) is 38.8 Å². The number of nitrogens with one attached hydrogen (secondary N) is 1. The van der Waals surface area contributed by atoms with Gasteiger partial charge in [0.25, 0.3) is 5.91 Å². The van der Waals surface area contributed by atoms with Gasteiger partial charge in [-0.25, -0.2) is 13.4 Å². The molecule has 0 spiro atoms. The van der Waals surface area contributed by atoms with Crippen molar-refractivity contribution in [2.75, 3.05) is 6.26 Å². The van der Waals surface area contributed by atoms with E-state index >= 15 is 0 Å². The Balaban J connectivity index is 1.98. The molecule has 1 amide bonds. The molecule has 1 atom stereocenters. The van der Waals surface area contributed by atoms with E-state index in [4.69, 9.17) is 4.74 Å². The van der Waals surface area contributed by atoms with Gasteiger partial charge in [0, 0.05) is 29.8 Å². The summed E-state index contributed by atoms with van der Waals surface area (Å²) in [6, 6.07) is -0.500. The van der Waals surface area contributed by atoms with Crippen molar-refractivity contribution in [3.8, 4) is 11.6 Å². The first-order chi connectivity index (χ1) is 14.9. The monoisotopic (exact) mass is 447 g/mol. The Morgan fingerprint density at radius 3 is 2.22 bits per heavy atom. The lowest BCUT2D eigenvalue weighted by Crippen LogP contribution is -2.54. The minimum atomic E-state index is -3.28. The molecule has 0 saturated heterocycles. The summed E-state index contributed by atoms with van der Waals surface area (Å²) in [5.41, 5.74) is 5.73.